The van der Waals surface area contributed by atoms with Crippen molar-refractivity contribution in [2.24, 2.45) is 5.92 Å². The van der Waals surface area contributed by atoms with E-state index in [4.69, 9.17) is 0 Å². The molecular weight excluding hydrogens is 707 g/mol. The average Bonchev–Trinajstić information content (AvgIpc) is 3.55. The van der Waals surface area contributed by atoms with Crippen LogP contribution < -0.4 is 0 Å². The van der Waals surface area contributed by atoms with Gasteiger partial charge in [0, 0.05) is 0 Å². The first-order valence-corrected chi connectivity index (χ1v) is 30.6. The van der Waals surface area contributed by atoms with Gasteiger partial charge >= 0.3 is 277 Å². The van der Waals surface area contributed by atoms with E-state index in [2.05, 4.69) is 163 Å². The van der Waals surface area contributed by atoms with Crippen molar-refractivity contribution in [3.8, 4) is 22.3 Å². The van der Waals surface area contributed by atoms with Gasteiger partial charge in [-0.25, -0.2) is 0 Å². The average molecular weight is 761 g/mol. The summed E-state index contributed by atoms with van der Waals surface area (Å²) in [5, 5.41) is 0. The van der Waals surface area contributed by atoms with Crippen molar-refractivity contribution < 1.29 is 17.4 Å². The molecule has 248 valence electrons. The minimum atomic E-state index is -3.70. The van der Waals surface area contributed by atoms with Crippen molar-refractivity contribution in [3.05, 3.63) is 128 Å². The Balaban J connectivity index is 0.00000250. The Hall–Kier alpha value is -1.96. The number of fused-ring (bicyclic) bond motifs is 2. The maximum Gasteiger partial charge on any atom is -0.147 e. The second kappa shape index (κ2) is 13.1. The van der Waals surface area contributed by atoms with Gasteiger partial charge in [0.1, 0.15) is 0 Å². The van der Waals surface area contributed by atoms with E-state index in [9.17, 15) is 0 Å². The van der Waals surface area contributed by atoms with Gasteiger partial charge in [-0.1, -0.05) is 0 Å². The zero-order valence-corrected chi connectivity index (χ0v) is 35.8. The molecule has 2 unspecified atom stereocenters. The van der Waals surface area contributed by atoms with Crippen LogP contribution in [0.4, 0.5) is 0 Å². The number of allylic oxidation sites excluding steroid dienone is 2. The third kappa shape index (κ3) is 6.31. The number of benzene rings is 4. The van der Waals surface area contributed by atoms with Gasteiger partial charge in [0.25, 0.3) is 0 Å². The molecule has 2 aliphatic rings. The van der Waals surface area contributed by atoms with Crippen molar-refractivity contribution in [2.75, 3.05) is 0 Å². The molecule has 0 aromatic heterocycles. The number of rotatable bonds is 5. The minimum absolute atomic E-state index is 0. The maximum absolute atomic E-state index is 3.70. The second-order valence-electron chi connectivity index (χ2n) is 16.6. The summed E-state index contributed by atoms with van der Waals surface area (Å²) in [5.41, 5.74) is 20.6. The van der Waals surface area contributed by atoms with Crippen LogP contribution in [0.25, 0.3) is 34.4 Å². The van der Waals surface area contributed by atoms with Gasteiger partial charge in [0.2, 0.25) is 0 Å². The molecule has 0 heterocycles. The molecule has 0 aliphatic heterocycles. The molecule has 4 aromatic carbocycles. The Labute approximate surface area is 299 Å². The molecule has 0 amide bonds. The summed E-state index contributed by atoms with van der Waals surface area (Å²) in [5.74, 6) is 0.503. The summed E-state index contributed by atoms with van der Waals surface area (Å²) in [6.07, 6.45) is 5.18. The van der Waals surface area contributed by atoms with Crippen LogP contribution >= 0.6 is 24.8 Å². The van der Waals surface area contributed by atoms with Crippen LogP contribution in [-0.2, 0) is 22.8 Å². The SMILES string of the molecule is CC1=Cc2c(-c3cccc(C)c3C)ccc(C)c2[CH]1[Zr]([CH3])([CH3])(=[SiH2])[CH]1C(C(C)C)=Cc2c(-c3ccc(C(C)(C)C)cc3)cccc21.Cl.Cl. The van der Waals surface area contributed by atoms with E-state index in [1.54, 1.807) is 22.3 Å². The molecule has 6 rings (SSSR count). The Kier molecular flexibility index (Phi) is 10.5. The molecule has 4 heteroatoms. The van der Waals surface area contributed by atoms with E-state index in [1.807, 2.05) is 0 Å². The topological polar surface area (TPSA) is 0 Å². The Morgan fingerprint density at radius 3 is 1.89 bits per heavy atom. The number of halogens is 2. The fourth-order valence-corrected chi connectivity index (χ4v) is 29.5. The molecule has 2 atom stereocenters. The number of hydrogen-bond donors (Lipinski definition) is 0. The van der Waals surface area contributed by atoms with E-state index >= 15 is 0 Å². The van der Waals surface area contributed by atoms with Crippen molar-refractivity contribution >= 4 is 43.8 Å². The molecule has 47 heavy (non-hydrogen) atoms. The molecule has 4 aromatic rings. The summed E-state index contributed by atoms with van der Waals surface area (Å²) < 4.78 is 6.58. The largest absolute Gasteiger partial charge is 0.147 e. The first kappa shape index (κ1) is 37.9. The molecule has 0 nitrogen and oxygen atoms in total. The van der Waals surface area contributed by atoms with Gasteiger partial charge in [0.15, 0.2) is 0 Å². The quantitative estimate of drug-likeness (QED) is 0.178. The molecule has 0 bridgehead atoms. The first-order chi connectivity index (χ1) is 21.0. The van der Waals surface area contributed by atoms with Crippen LogP contribution in [0.2, 0.25) is 9.26 Å². The van der Waals surface area contributed by atoms with Crippen LogP contribution in [0.15, 0.2) is 83.9 Å². The smallest absolute Gasteiger partial charge is 0.147 e. The van der Waals surface area contributed by atoms with Crippen LogP contribution in [0.1, 0.15) is 93.3 Å². The van der Waals surface area contributed by atoms with Gasteiger partial charge < -0.3 is 0 Å². The number of aryl methyl sites for hydroxylation is 2. The van der Waals surface area contributed by atoms with Gasteiger partial charge in [-0.2, -0.15) is 0 Å². The van der Waals surface area contributed by atoms with Gasteiger partial charge in [-0.05, 0) is 0 Å². The number of hydrogen-bond acceptors (Lipinski definition) is 0. The van der Waals surface area contributed by atoms with Gasteiger partial charge in [-0.3, -0.25) is 0 Å². The van der Waals surface area contributed by atoms with Crippen LogP contribution in [-0.4, -0.2) is 6.88 Å². The molecule has 0 N–H and O–H groups in total. The van der Waals surface area contributed by atoms with E-state index < -0.39 is 17.4 Å². The van der Waals surface area contributed by atoms with E-state index in [1.165, 1.54) is 55.6 Å². The fraction of sp³-hybridized carbons (Fsp3) is 0.349. The summed E-state index contributed by atoms with van der Waals surface area (Å²) in [7, 11) is 0. The van der Waals surface area contributed by atoms with Crippen LogP contribution in [0.5, 0.6) is 0 Å². The van der Waals surface area contributed by atoms with Crippen LogP contribution in [0, 0.1) is 26.7 Å². The fourth-order valence-electron chi connectivity index (χ4n) is 8.87. The summed E-state index contributed by atoms with van der Waals surface area (Å²) >= 11 is -3.70. The van der Waals surface area contributed by atoms with E-state index in [-0.39, 0.29) is 30.2 Å². The van der Waals surface area contributed by atoms with Crippen molar-refractivity contribution in [1.82, 2.24) is 0 Å². The van der Waals surface area contributed by atoms with E-state index in [0.29, 0.717) is 13.2 Å². The van der Waals surface area contributed by atoms with Gasteiger partial charge in [-0.15, -0.1) is 24.8 Å². The van der Waals surface area contributed by atoms with Crippen molar-refractivity contribution in [1.29, 1.82) is 0 Å². The van der Waals surface area contributed by atoms with E-state index in [0.717, 1.165) is 0 Å². The zero-order valence-electron chi connectivity index (χ0n) is 30.3. The predicted molar refractivity (Wildman–Crippen MR) is 213 cm³/mol. The Morgan fingerprint density at radius 1 is 0.660 bits per heavy atom. The van der Waals surface area contributed by atoms with Gasteiger partial charge in [0.05, 0.1) is 0 Å². The maximum atomic E-state index is 2.78. The standard InChI is InChI=1S/C22H25.C19H19.2CH3.2ClH.H2Si.Zr/c1-15(2)18-13-17-7-6-8-20(21(17)14-18)16-9-11-19(12-10-16)22(3,4)5;1-12-10-18-14(3)8-9-17(19(18)11-12)16-7-5-6-13(2)15(16)4;;;;;;/h6-15H,1-5H3;5-11H,1-4H3;2*1H3;2*1H;1H2;. The summed E-state index contributed by atoms with van der Waals surface area (Å²) in [6, 6.07) is 28.1. The Bertz CT molecular complexity index is 1980. The molecule has 0 spiro atoms. The first-order valence-electron chi connectivity index (χ1n) is 16.9. The zero-order chi connectivity index (χ0) is 32.7. The molecule has 0 radical (unpaired) electrons. The molecule has 0 saturated carbocycles. The summed E-state index contributed by atoms with van der Waals surface area (Å²) in [4.78, 5) is 0. The molecular formula is C43H54Cl2SiZr. The normalized spacial score (nSPS) is 17.4. The predicted octanol–water partition coefficient (Wildman–Crippen LogP) is 12.7. The monoisotopic (exact) mass is 758 g/mol. The third-order valence-electron chi connectivity index (χ3n) is 11.2. The molecule has 0 fully saturated rings. The molecule has 2 aliphatic carbocycles. The van der Waals surface area contributed by atoms with Crippen LogP contribution in [0.3, 0.4) is 0 Å². The van der Waals surface area contributed by atoms with Crippen molar-refractivity contribution in [2.45, 2.75) is 84.2 Å². The minimum Gasteiger partial charge on any atom is -0.147 e. The Morgan fingerprint density at radius 2 is 1.28 bits per heavy atom. The second-order valence-corrected chi connectivity index (χ2v) is 47.1. The summed E-state index contributed by atoms with van der Waals surface area (Å²) in [6.45, 7) is 23.5. The molecule has 0 saturated heterocycles. The van der Waals surface area contributed by atoms with Crippen molar-refractivity contribution in [3.63, 3.8) is 0 Å². The third-order valence-corrected chi connectivity index (χ3v) is 28.8.